The van der Waals surface area contributed by atoms with Gasteiger partial charge in [-0.25, -0.2) is 8.42 Å². The van der Waals surface area contributed by atoms with E-state index in [-0.39, 0.29) is 34.7 Å². The molecule has 0 unspecified atom stereocenters. The van der Waals surface area contributed by atoms with Crippen LogP contribution in [0.3, 0.4) is 0 Å². The highest BCUT2D eigenvalue weighted by Gasteiger charge is 2.30. The number of halogens is 2. The van der Waals surface area contributed by atoms with Gasteiger partial charge in [0.2, 0.25) is 16.9 Å². The topological polar surface area (TPSA) is 109 Å². The lowest BCUT2D eigenvalue weighted by Crippen LogP contribution is -2.28. The van der Waals surface area contributed by atoms with E-state index in [1.54, 1.807) is 12.1 Å². The molecule has 8 nitrogen and oxygen atoms in total. The quantitative estimate of drug-likeness (QED) is 0.352. The maximum atomic E-state index is 12.7. The van der Waals surface area contributed by atoms with E-state index in [2.05, 4.69) is 14.9 Å². The Bertz CT molecular complexity index is 1280. The van der Waals surface area contributed by atoms with Crippen LogP contribution in [0.25, 0.3) is 0 Å². The number of hydrogen-bond donors (Lipinski definition) is 1. The zero-order valence-electron chi connectivity index (χ0n) is 16.1. The monoisotopic (exact) mass is 528 g/mol. The van der Waals surface area contributed by atoms with Gasteiger partial charge < -0.3 is 0 Å². The molecule has 4 rings (SSSR count). The Labute approximate surface area is 202 Å². The van der Waals surface area contributed by atoms with Gasteiger partial charge in [0.1, 0.15) is 0 Å². The molecule has 0 spiro atoms. The van der Waals surface area contributed by atoms with Crippen molar-refractivity contribution < 1.29 is 18.0 Å². The number of anilines is 2. The lowest BCUT2D eigenvalue weighted by molar-refractivity contribution is -0.121. The fraction of sp³-hybridized carbons (Fsp3) is 0.158. The summed E-state index contributed by atoms with van der Waals surface area (Å²) in [6, 6.07) is 10.8. The van der Waals surface area contributed by atoms with E-state index < -0.39 is 10.0 Å². The summed E-state index contributed by atoms with van der Waals surface area (Å²) in [6.45, 7) is 0. The molecule has 3 aromatic rings. The van der Waals surface area contributed by atoms with Crippen LogP contribution in [0.2, 0.25) is 10.0 Å². The number of nitrogens with one attached hydrogen (secondary N) is 1. The van der Waals surface area contributed by atoms with E-state index in [1.807, 2.05) is 6.07 Å². The first-order valence-electron chi connectivity index (χ1n) is 9.12. The summed E-state index contributed by atoms with van der Waals surface area (Å²) >= 11 is 14.4. The number of rotatable bonds is 7. The number of nitrogens with zero attached hydrogens (tertiary/aromatic N) is 3. The average molecular weight is 529 g/mol. The number of imide groups is 1. The third-order valence-corrected chi connectivity index (χ3v) is 8.70. The molecule has 1 aliphatic heterocycles. The molecule has 0 atom stereocenters. The molecule has 1 N–H and O–H groups in total. The third-order valence-electron chi connectivity index (χ3n) is 4.43. The van der Waals surface area contributed by atoms with Crippen molar-refractivity contribution in [3.8, 4) is 0 Å². The van der Waals surface area contributed by atoms with Crippen LogP contribution in [0.1, 0.15) is 18.4 Å². The largest absolute Gasteiger partial charge is 0.274 e. The first-order chi connectivity index (χ1) is 15.2. The van der Waals surface area contributed by atoms with E-state index in [0.29, 0.717) is 25.8 Å². The second kappa shape index (κ2) is 9.36. The predicted octanol–water partition coefficient (Wildman–Crippen LogP) is 4.59. The molecule has 1 saturated heterocycles. The van der Waals surface area contributed by atoms with Crippen molar-refractivity contribution in [1.82, 2.24) is 10.2 Å². The van der Waals surface area contributed by atoms with Crippen molar-refractivity contribution in [2.24, 2.45) is 0 Å². The van der Waals surface area contributed by atoms with Crippen LogP contribution >= 0.6 is 46.3 Å². The number of hydrogen-bond acceptors (Lipinski definition) is 8. The van der Waals surface area contributed by atoms with Crippen LogP contribution in [0, 0.1) is 0 Å². The SMILES string of the molecule is O=C1CCC(=O)N1c1ccc(S(=O)(=O)Nc2nnc(SCc3ccc(Cl)c(Cl)c3)s2)cc1. The Morgan fingerprint density at radius 3 is 2.34 bits per heavy atom. The van der Waals surface area contributed by atoms with Crippen LogP contribution in [-0.2, 0) is 25.4 Å². The second-order valence-electron chi connectivity index (χ2n) is 6.63. The van der Waals surface area contributed by atoms with Gasteiger partial charge in [0.05, 0.1) is 20.6 Å². The van der Waals surface area contributed by atoms with E-state index in [4.69, 9.17) is 23.2 Å². The fourth-order valence-corrected chi connectivity index (χ4v) is 6.14. The van der Waals surface area contributed by atoms with Gasteiger partial charge in [-0.15, -0.1) is 10.2 Å². The van der Waals surface area contributed by atoms with Gasteiger partial charge in [-0.3, -0.25) is 19.2 Å². The highest BCUT2D eigenvalue weighted by atomic mass is 35.5. The van der Waals surface area contributed by atoms with E-state index in [1.165, 1.54) is 36.0 Å². The van der Waals surface area contributed by atoms with E-state index in [0.717, 1.165) is 21.8 Å². The van der Waals surface area contributed by atoms with Gasteiger partial charge in [-0.2, -0.15) is 0 Å². The van der Waals surface area contributed by atoms with Crippen molar-refractivity contribution in [3.05, 3.63) is 58.1 Å². The third kappa shape index (κ3) is 5.07. The summed E-state index contributed by atoms with van der Waals surface area (Å²) in [5.41, 5.74) is 1.28. The highest BCUT2D eigenvalue weighted by molar-refractivity contribution is 8.00. The molecule has 32 heavy (non-hydrogen) atoms. The molecule has 1 fully saturated rings. The number of carbonyl (C=O) groups is 2. The smallest absolute Gasteiger partial charge is 0.263 e. The number of sulfonamides is 1. The summed E-state index contributed by atoms with van der Waals surface area (Å²) in [7, 11) is -3.92. The van der Waals surface area contributed by atoms with Gasteiger partial charge in [0.25, 0.3) is 10.0 Å². The average Bonchev–Trinajstić information content (AvgIpc) is 3.34. The van der Waals surface area contributed by atoms with Gasteiger partial charge in [-0.1, -0.05) is 52.4 Å². The molecule has 0 saturated carbocycles. The molecule has 0 aliphatic carbocycles. The number of thioether (sulfide) groups is 1. The minimum atomic E-state index is -3.92. The number of aromatic nitrogens is 2. The first kappa shape index (κ1) is 23.0. The molecule has 1 aliphatic rings. The molecular formula is C19H14Cl2N4O4S3. The molecule has 0 bridgehead atoms. The molecule has 166 valence electrons. The fourth-order valence-electron chi connectivity index (χ4n) is 2.90. The standard InChI is InChI=1S/C19H14Cl2N4O4S3/c20-14-6-1-11(9-15(14)21)10-30-19-23-22-18(31-19)24-32(28,29)13-4-2-12(3-5-13)25-16(26)7-8-17(25)27/h1-6,9H,7-8,10H2,(H,22,24). The van der Waals surface area contributed by atoms with Crippen molar-refractivity contribution in [2.75, 3.05) is 9.62 Å². The lowest BCUT2D eigenvalue weighted by atomic mass is 10.2. The zero-order valence-corrected chi connectivity index (χ0v) is 20.1. The minimum absolute atomic E-state index is 0.0273. The van der Waals surface area contributed by atoms with Crippen LogP contribution in [-0.4, -0.2) is 30.4 Å². The molecule has 1 aromatic heterocycles. The zero-order chi connectivity index (χ0) is 22.9. The molecule has 0 radical (unpaired) electrons. The number of benzene rings is 2. The Balaban J connectivity index is 1.41. The van der Waals surface area contributed by atoms with Crippen molar-refractivity contribution in [3.63, 3.8) is 0 Å². The number of carbonyl (C=O) groups excluding carboxylic acids is 2. The minimum Gasteiger partial charge on any atom is -0.274 e. The summed E-state index contributed by atoms with van der Waals surface area (Å²) in [6.07, 6.45) is 0.311. The van der Waals surface area contributed by atoms with Gasteiger partial charge >= 0.3 is 0 Å². The van der Waals surface area contributed by atoms with Crippen molar-refractivity contribution in [1.29, 1.82) is 0 Å². The van der Waals surface area contributed by atoms with Crippen LogP contribution < -0.4 is 9.62 Å². The maximum absolute atomic E-state index is 12.7. The van der Waals surface area contributed by atoms with E-state index in [9.17, 15) is 18.0 Å². The molecule has 2 amide bonds. The maximum Gasteiger partial charge on any atom is 0.263 e. The second-order valence-corrected chi connectivity index (χ2v) is 11.3. The van der Waals surface area contributed by atoms with Gasteiger partial charge in [-0.05, 0) is 42.0 Å². The van der Waals surface area contributed by atoms with Crippen LogP contribution in [0.15, 0.2) is 51.7 Å². The lowest BCUT2D eigenvalue weighted by Gasteiger charge is -2.14. The Morgan fingerprint density at radius 1 is 1.00 bits per heavy atom. The molecule has 2 heterocycles. The summed E-state index contributed by atoms with van der Waals surface area (Å²) in [4.78, 5) is 24.7. The van der Waals surface area contributed by atoms with Crippen molar-refractivity contribution in [2.45, 2.75) is 27.8 Å². The van der Waals surface area contributed by atoms with Gasteiger partial charge in [0, 0.05) is 18.6 Å². The highest BCUT2D eigenvalue weighted by Crippen LogP contribution is 2.31. The Hall–Kier alpha value is -2.18. The van der Waals surface area contributed by atoms with Crippen LogP contribution in [0.4, 0.5) is 10.8 Å². The van der Waals surface area contributed by atoms with Crippen molar-refractivity contribution >= 4 is 79.0 Å². The Kier molecular flexibility index (Phi) is 6.72. The first-order valence-corrected chi connectivity index (χ1v) is 13.2. The normalized spacial score (nSPS) is 14.2. The molecule has 13 heteroatoms. The summed E-state index contributed by atoms with van der Waals surface area (Å²) in [5, 5.41) is 8.93. The summed E-state index contributed by atoms with van der Waals surface area (Å²) in [5.74, 6) is -0.0415. The molecule has 2 aromatic carbocycles. The Morgan fingerprint density at radius 2 is 1.69 bits per heavy atom. The van der Waals surface area contributed by atoms with Gasteiger partial charge in [0.15, 0.2) is 4.34 Å². The number of amides is 2. The molecular weight excluding hydrogens is 515 g/mol. The summed E-state index contributed by atoms with van der Waals surface area (Å²) < 4.78 is 28.3. The predicted molar refractivity (Wildman–Crippen MR) is 125 cm³/mol. The van der Waals surface area contributed by atoms with Crippen LogP contribution in [0.5, 0.6) is 0 Å². The van der Waals surface area contributed by atoms with E-state index >= 15 is 0 Å².